The van der Waals surface area contributed by atoms with Gasteiger partial charge >= 0.3 is 0 Å². The predicted octanol–water partition coefficient (Wildman–Crippen LogP) is 2.06. The first-order valence-electron chi connectivity index (χ1n) is 4.25. The van der Waals surface area contributed by atoms with Gasteiger partial charge in [-0.05, 0) is 17.7 Å². The van der Waals surface area contributed by atoms with Crippen LogP contribution in [0.1, 0.15) is 0 Å². The zero-order valence-corrected chi connectivity index (χ0v) is 9.38. The Morgan fingerprint density at radius 1 is 1.00 bits per heavy atom. The first-order chi connectivity index (χ1) is 7.07. The molecule has 2 rings (SSSR count). The van der Waals surface area contributed by atoms with Crippen LogP contribution in [0, 0.1) is 0 Å². The molecule has 0 aliphatic rings. The highest BCUT2D eigenvalue weighted by Gasteiger charge is 2.11. The molecule has 78 valence electrons. The fourth-order valence-electron chi connectivity index (χ4n) is 1.23. The maximum atomic E-state index is 11.1. The normalized spacial score (nSPS) is 11.5. The Bertz CT molecular complexity index is 558. The van der Waals surface area contributed by atoms with Gasteiger partial charge in [0.2, 0.25) is 10.0 Å². The summed E-state index contributed by atoms with van der Waals surface area (Å²) in [6.07, 6.45) is 0. The first-order valence-corrected chi connectivity index (χ1v) is 6.62. The van der Waals surface area contributed by atoms with Crippen molar-refractivity contribution in [1.82, 2.24) is 0 Å². The largest absolute Gasteiger partial charge is 0.247 e. The molecule has 0 saturated carbocycles. The van der Waals surface area contributed by atoms with Crippen LogP contribution >= 0.6 is 11.3 Å². The Morgan fingerprint density at radius 3 is 2.20 bits per heavy atom. The lowest BCUT2D eigenvalue weighted by molar-refractivity contribution is 0.600. The van der Waals surface area contributed by atoms with Crippen molar-refractivity contribution in [2.45, 2.75) is 4.21 Å². The molecule has 2 N–H and O–H groups in total. The van der Waals surface area contributed by atoms with Crippen LogP contribution in [0.3, 0.4) is 0 Å². The summed E-state index contributed by atoms with van der Waals surface area (Å²) in [5.41, 5.74) is 0.998. The summed E-state index contributed by atoms with van der Waals surface area (Å²) in [5, 5.41) is 5.03. The first kappa shape index (κ1) is 10.4. The number of benzene rings is 1. The molecule has 1 aromatic carbocycles. The molecule has 0 amide bonds. The SMILES string of the molecule is NS(=O)(=O)c1ccc(-c2ccccc2)s1. The van der Waals surface area contributed by atoms with Crippen LogP contribution in [0.2, 0.25) is 0 Å². The number of primary sulfonamides is 1. The summed E-state index contributed by atoms with van der Waals surface area (Å²) < 4.78 is 22.3. The molecule has 0 radical (unpaired) electrons. The number of sulfonamides is 1. The van der Waals surface area contributed by atoms with E-state index in [0.29, 0.717) is 0 Å². The Labute approximate surface area is 92.2 Å². The third-order valence-corrected chi connectivity index (χ3v) is 4.49. The van der Waals surface area contributed by atoms with E-state index in [1.807, 2.05) is 30.3 Å². The zero-order chi connectivity index (χ0) is 10.9. The van der Waals surface area contributed by atoms with E-state index in [0.717, 1.165) is 10.4 Å². The lowest BCUT2D eigenvalue weighted by Gasteiger charge is -1.94. The highest BCUT2D eigenvalue weighted by Crippen LogP contribution is 2.29. The van der Waals surface area contributed by atoms with Crippen molar-refractivity contribution < 1.29 is 8.42 Å². The maximum absolute atomic E-state index is 11.1. The van der Waals surface area contributed by atoms with Gasteiger partial charge in [-0.3, -0.25) is 0 Å². The third kappa shape index (κ3) is 2.26. The Balaban J connectivity index is 2.46. The maximum Gasteiger partial charge on any atom is 0.247 e. The molecule has 0 saturated heterocycles. The van der Waals surface area contributed by atoms with E-state index in [-0.39, 0.29) is 4.21 Å². The zero-order valence-electron chi connectivity index (χ0n) is 7.75. The van der Waals surface area contributed by atoms with Gasteiger partial charge in [0.1, 0.15) is 4.21 Å². The van der Waals surface area contributed by atoms with Crippen molar-refractivity contribution in [2.24, 2.45) is 5.14 Å². The van der Waals surface area contributed by atoms with E-state index < -0.39 is 10.0 Å². The molecule has 5 heteroatoms. The Morgan fingerprint density at radius 2 is 1.67 bits per heavy atom. The molecule has 1 aromatic heterocycles. The van der Waals surface area contributed by atoms with Crippen molar-refractivity contribution in [3.05, 3.63) is 42.5 Å². The number of thiophene rings is 1. The molecule has 2 aromatic rings. The van der Waals surface area contributed by atoms with Gasteiger partial charge in [-0.1, -0.05) is 30.3 Å². The minimum atomic E-state index is -3.57. The molecule has 0 unspecified atom stereocenters. The average molecular weight is 239 g/mol. The smallest absolute Gasteiger partial charge is 0.224 e. The van der Waals surface area contributed by atoms with Crippen molar-refractivity contribution in [3.8, 4) is 10.4 Å². The highest BCUT2D eigenvalue weighted by atomic mass is 32.2. The van der Waals surface area contributed by atoms with Crippen molar-refractivity contribution >= 4 is 21.4 Å². The van der Waals surface area contributed by atoms with E-state index in [9.17, 15) is 8.42 Å². The van der Waals surface area contributed by atoms with Crippen LogP contribution in [0.4, 0.5) is 0 Å². The quantitative estimate of drug-likeness (QED) is 0.872. The van der Waals surface area contributed by atoms with Gasteiger partial charge in [0, 0.05) is 4.88 Å². The molecule has 0 aliphatic heterocycles. The summed E-state index contributed by atoms with van der Waals surface area (Å²) in [6, 6.07) is 12.9. The third-order valence-electron chi connectivity index (χ3n) is 1.92. The summed E-state index contributed by atoms with van der Waals surface area (Å²) in [7, 11) is -3.57. The molecular formula is C10H9NO2S2. The minimum Gasteiger partial charge on any atom is -0.224 e. The van der Waals surface area contributed by atoms with Crippen LogP contribution < -0.4 is 5.14 Å². The standard InChI is InChI=1S/C10H9NO2S2/c11-15(12,13)10-7-6-9(14-10)8-4-2-1-3-5-8/h1-7H,(H2,11,12,13). The highest BCUT2D eigenvalue weighted by molar-refractivity contribution is 7.91. The molecule has 0 fully saturated rings. The van der Waals surface area contributed by atoms with E-state index in [1.165, 1.54) is 17.4 Å². The predicted molar refractivity (Wildman–Crippen MR) is 61.1 cm³/mol. The lowest BCUT2D eigenvalue weighted by Crippen LogP contribution is -2.09. The fraction of sp³-hybridized carbons (Fsp3) is 0. The van der Waals surface area contributed by atoms with Crippen LogP contribution in [-0.4, -0.2) is 8.42 Å². The van der Waals surface area contributed by atoms with Crippen LogP contribution in [0.5, 0.6) is 0 Å². The van der Waals surface area contributed by atoms with Gasteiger partial charge in [0.05, 0.1) is 0 Å². The van der Waals surface area contributed by atoms with Gasteiger partial charge in [-0.25, -0.2) is 13.6 Å². The van der Waals surface area contributed by atoms with Crippen LogP contribution in [-0.2, 0) is 10.0 Å². The van der Waals surface area contributed by atoms with Crippen molar-refractivity contribution in [2.75, 3.05) is 0 Å². The number of hydrogen-bond donors (Lipinski definition) is 1. The van der Waals surface area contributed by atoms with Gasteiger partial charge in [-0.2, -0.15) is 0 Å². The topological polar surface area (TPSA) is 60.2 Å². The Hall–Kier alpha value is -1.17. The molecule has 0 aliphatic carbocycles. The number of hydrogen-bond acceptors (Lipinski definition) is 3. The molecule has 0 bridgehead atoms. The van der Waals surface area contributed by atoms with Crippen molar-refractivity contribution in [1.29, 1.82) is 0 Å². The van der Waals surface area contributed by atoms with Crippen molar-refractivity contribution in [3.63, 3.8) is 0 Å². The second-order valence-electron chi connectivity index (χ2n) is 3.03. The summed E-state index contributed by atoms with van der Waals surface area (Å²) in [4.78, 5) is 0.902. The molecular weight excluding hydrogens is 230 g/mol. The van der Waals surface area contributed by atoms with Crippen LogP contribution in [0.15, 0.2) is 46.7 Å². The summed E-state index contributed by atoms with van der Waals surface area (Å²) in [6.45, 7) is 0. The van der Waals surface area contributed by atoms with Gasteiger partial charge < -0.3 is 0 Å². The summed E-state index contributed by atoms with van der Waals surface area (Å²) >= 11 is 1.18. The number of nitrogens with two attached hydrogens (primary N) is 1. The van der Waals surface area contributed by atoms with E-state index in [4.69, 9.17) is 5.14 Å². The second-order valence-corrected chi connectivity index (χ2v) is 5.90. The van der Waals surface area contributed by atoms with E-state index in [2.05, 4.69) is 0 Å². The fourth-order valence-corrected chi connectivity index (χ4v) is 2.97. The minimum absolute atomic E-state index is 0.196. The molecule has 0 atom stereocenters. The van der Waals surface area contributed by atoms with E-state index >= 15 is 0 Å². The number of rotatable bonds is 2. The van der Waals surface area contributed by atoms with Gasteiger partial charge in [0.25, 0.3) is 0 Å². The molecule has 1 heterocycles. The second kappa shape index (κ2) is 3.77. The van der Waals surface area contributed by atoms with Crippen LogP contribution in [0.25, 0.3) is 10.4 Å². The van der Waals surface area contributed by atoms with E-state index in [1.54, 1.807) is 6.07 Å². The Kier molecular flexibility index (Phi) is 2.60. The molecule has 3 nitrogen and oxygen atoms in total. The van der Waals surface area contributed by atoms with Gasteiger partial charge in [-0.15, -0.1) is 11.3 Å². The average Bonchev–Trinajstić information content (AvgIpc) is 2.67. The van der Waals surface area contributed by atoms with Gasteiger partial charge in [0.15, 0.2) is 0 Å². The molecule has 15 heavy (non-hydrogen) atoms. The monoisotopic (exact) mass is 239 g/mol. The lowest BCUT2D eigenvalue weighted by atomic mass is 10.2. The molecule has 0 spiro atoms. The summed E-state index contributed by atoms with van der Waals surface area (Å²) in [5.74, 6) is 0.